The predicted molar refractivity (Wildman–Crippen MR) is 69.6 cm³/mol. The van der Waals surface area contributed by atoms with Crippen LogP contribution < -0.4 is 15.8 Å². The maximum absolute atomic E-state index is 10.3. The summed E-state index contributed by atoms with van der Waals surface area (Å²) in [5.41, 5.74) is 4.48. The first-order valence-electron chi connectivity index (χ1n) is 6.29. The third-order valence-corrected chi connectivity index (χ3v) is 3.85. The van der Waals surface area contributed by atoms with Gasteiger partial charge >= 0.3 is 0 Å². The van der Waals surface area contributed by atoms with Crippen LogP contribution in [-0.2, 0) is 12.8 Å². The number of aryl methyl sites for hydroxylation is 1. The second-order valence-corrected chi connectivity index (χ2v) is 5.04. The molecule has 92 valence electrons. The number of benzene rings is 1. The van der Waals surface area contributed by atoms with Crippen LogP contribution in [0.3, 0.4) is 0 Å². The van der Waals surface area contributed by atoms with Crippen LogP contribution in [0.2, 0.25) is 0 Å². The van der Waals surface area contributed by atoms with Gasteiger partial charge in [-0.15, -0.1) is 0 Å². The largest absolute Gasteiger partial charge is 0.505 e. The number of anilines is 2. The van der Waals surface area contributed by atoms with E-state index in [4.69, 9.17) is 5.84 Å². The zero-order chi connectivity index (χ0) is 12.0. The second kappa shape index (κ2) is 3.81. The number of nitrogens with two attached hydrogens (primary N) is 1. The van der Waals surface area contributed by atoms with Crippen LogP contribution in [0.1, 0.15) is 24.0 Å². The van der Waals surface area contributed by atoms with Crippen molar-refractivity contribution >= 4 is 11.4 Å². The Hall–Kier alpha value is -1.42. The maximum Gasteiger partial charge on any atom is 0.145 e. The molecule has 0 unspecified atom stereocenters. The van der Waals surface area contributed by atoms with E-state index in [-0.39, 0.29) is 0 Å². The van der Waals surface area contributed by atoms with Crippen LogP contribution in [0.4, 0.5) is 11.4 Å². The van der Waals surface area contributed by atoms with Gasteiger partial charge in [0.1, 0.15) is 5.75 Å². The lowest BCUT2D eigenvalue weighted by Gasteiger charge is -2.38. The molecule has 4 nitrogen and oxygen atoms in total. The molecule has 2 aliphatic heterocycles. The number of hydrogen-bond donors (Lipinski definition) is 2. The summed E-state index contributed by atoms with van der Waals surface area (Å²) in [7, 11) is 1.78. The summed E-state index contributed by atoms with van der Waals surface area (Å²) in [6, 6.07) is 2.05. The first-order valence-corrected chi connectivity index (χ1v) is 6.29. The van der Waals surface area contributed by atoms with Crippen LogP contribution in [-0.4, -0.2) is 25.2 Å². The van der Waals surface area contributed by atoms with Gasteiger partial charge in [-0.3, -0.25) is 0 Å². The highest BCUT2D eigenvalue weighted by molar-refractivity contribution is 5.75. The van der Waals surface area contributed by atoms with Crippen molar-refractivity contribution in [2.24, 2.45) is 5.84 Å². The van der Waals surface area contributed by atoms with Crippen molar-refractivity contribution in [3.63, 3.8) is 0 Å². The predicted octanol–water partition coefficient (Wildman–Crippen LogP) is 1.40. The van der Waals surface area contributed by atoms with Crippen molar-refractivity contribution in [3.8, 4) is 5.75 Å². The van der Waals surface area contributed by atoms with E-state index in [1.54, 1.807) is 7.05 Å². The summed E-state index contributed by atoms with van der Waals surface area (Å²) < 4.78 is 0. The first-order chi connectivity index (χ1) is 8.18. The monoisotopic (exact) mass is 233 g/mol. The van der Waals surface area contributed by atoms with Crippen molar-refractivity contribution in [3.05, 3.63) is 17.2 Å². The van der Waals surface area contributed by atoms with Crippen molar-refractivity contribution < 1.29 is 5.11 Å². The molecule has 0 aliphatic carbocycles. The topological polar surface area (TPSA) is 52.7 Å². The van der Waals surface area contributed by atoms with Gasteiger partial charge in [-0.05, 0) is 37.3 Å². The normalized spacial score (nSPS) is 17.9. The number of phenols is 1. The van der Waals surface area contributed by atoms with Gasteiger partial charge in [-0.1, -0.05) is 0 Å². The molecule has 0 fully saturated rings. The number of hydrazine groups is 1. The Labute approximate surface area is 102 Å². The molecule has 2 heterocycles. The summed E-state index contributed by atoms with van der Waals surface area (Å²) in [5, 5.41) is 11.8. The average molecular weight is 233 g/mol. The molecule has 17 heavy (non-hydrogen) atoms. The molecule has 0 atom stereocenters. The molecule has 3 rings (SSSR count). The van der Waals surface area contributed by atoms with E-state index < -0.39 is 0 Å². The summed E-state index contributed by atoms with van der Waals surface area (Å²) in [6.45, 7) is 2.24. The minimum absolute atomic E-state index is 0.375. The standard InChI is InChI=1S/C13H19N3O/c1-15(14)11-8-9-4-2-6-16-7-3-5-10(12(9)16)13(11)17/h8,17H,2-7,14H2,1H3. The summed E-state index contributed by atoms with van der Waals surface area (Å²) in [5.74, 6) is 6.16. The molecule has 0 spiro atoms. The SMILES string of the molecule is CN(N)c1cc2c3c(c1O)CCCN3CCC2. The van der Waals surface area contributed by atoms with Gasteiger partial charge < -0.3 is 15.0 Å². The van der Waals surface area contributed by atoms with E-state index in [9.17, 15) is 5.11 Å². The van der Waals surface area contributed by atoms with Crippen LogP contribution in [0, 0.1) is 0 Å². The zero-order valence-corrected chi connectivity index (χ0v) is 10.2. The lowest BCUT2D eigenvalue weighted by Crippen LogP contribution is -2.35. The molecule has 4 heteroatoms. The minimum Gasteiger partial charge on any atom is -0.505 e. The minimum atomic E-state index is 0.375. The van der Waals surface area contributed by atoms with Gasteiger partial charge in [0.15, 0.2) is 0 Å². The number of hydrogen-bond acceptors (Lipinski definition) is 4. The quantitative estimate of drug-likeness (QED) is 0.568. The van der Waals surface area contributed by atoms with Gasteiger partial charge in [-0.2, -0.15) is 0 Å². The highest BCUT2D eigenvalue weighted by Gasteiger charge is 2.28. The summed E-state index contributed by atoms with van der Waals surface area (Å²) >= 11 is 0. The fourth-order valence-electron chi connectivity index (χ4n) is 3.09. The van der Waals surface area contributed by atoms with Gasteiger partial charge in [0.05, 0.1) is 5.69 Å². The van der Waals surface area contributed by atoms with Crippen LogP contribution >= 0.6 is 0 Å². The molecule has 0 saturated heterocycles. The Kier molecular flexibility index (Phi) is 2.40. The average Bonchev–Trinajstić information content (AvgIpc) is 2.33. The van der Waals surface area contributed by atoms with Gasteiger partial charge in [0.25, 0.3) is 0 Å². The molecule has 3 N–H and O–H groups in total. The van der Waals surface area contributed by atoms with Crippen molar-refractivity contribution in [1.82, 2.24) is 0 Å². The fourth-order valence-corrected chi connectivity index (χ4v) is 3.09. The molecule has 2 aliphatic rings. The Morgan fingerprint density at radius 1 is 1.29 bits per heavy atom. The molecular formula is C13H19N3O. The smallest absolute Gasteiger partial charge is 0.145 e. The Bertz CT molecular complexity index is 454. The van der Waals surface area contributed by atoms with E-state index in [1.807, 2.05) is 6.07 Å². The second-order valence-electron chi connectivity index (χ2n) is 5.04. The highest BCUT2D eigenvalue weighted by Crippen LogP contribution is 2.44. The number of rotatable bonds is 1. The molecule has 0 amide bonds. The third-order valence-electron chi connectivity index (χ3n) is 3.85. The molecule has 1 aromatic rings. The Balaban J connectivity index is 2.22. The zero-order valence-electron chi connectivity index (χ0n) is 10.2. The molecule has 0 bridgehead atoms. The molecule has 0 aromatic heterocycles. The number of nitrogens with zero attached hydrogens (tertiary/aromatic N) is 2. The molecule has 1 aromatic carbocycles. The van der Waals surface area contributed by atoms with Crippen LogP contribution in [0.5, 0.6) is 5.75 Å². The van der Waals surface area contributed by atoms with E-state index in [0.717, 1.165) is 43.6 Å². The summed E-state index contributed by atoms with van der Waals surface area (Å²) in [6.07, 6.45) is 4.38. The van der Waals surface area contributed by atoms with E-state index in [1.165, 1.54) is 22.7 Å². The first kappa shape index (κ1) is 10.7. The van der Waals surface area contributed by atoms with Gasteiger partial charge in [0, 0.05) is 31.4 Å². The molecule has 0 saturated carbocycles. The van der Waals surface area contributed by atoms with Crippen molar-refractivity contribution in [2.75, 3.05) is 30.0 Å². The Morgan fingerprint density at radius 2 is 2.00 bits per heavy atom. The van der Waals surface area contributed by atoms with E-state index >= 15 is 0 Å². The lowest BCUT2D eigenvalue weighted by atomic mass is 9.90. The fraction of sp³-hybridized carbons (Fsp3) is 0.538. The lowest BCUT2D eigenvalue weighted by molar-refractivity contribution is 0.462. The van der Waals surface area contributed by atoms with Gasteiger partial charge in [-0.25, -0.2) is 5.84 Å². The van der Waals surface area contributed by atoms with Crippen LogP contribution in [0.15, 0.2) is 6.07 Å². The number of aromatic hydroxyl groups is 1. The molecular weight excluding hydrogens is 214 g/mol. The van der Waals surface area contributed by atoms with Crippen LogP contribution in [0.25, 0.3) is 0 Å². The van der Waals surface area contributed by atoms with Crippen molar-refractivity contribution in [1.29, 1.82) is 0 Å². The van der Waals surface area contributed by atoms with Gasteiger partial charge in [0.2, 0.25) is 0 Å². The van der Waals surface area contributed by atoms with Crippen molar-refractivity contribution in [2.45, 2.75) is 25.7 Å². The third kappa shape index (κ3) is 1.55. The maximum atomic E-state index is 10.3. The Morgan fingerprint density at radius 3 is 2.71 bits per heavy atom. The van der Waals surface area contributed by atoms with E-state index in [2.05, 4.69) is 4.90 Å². The van der Waals surface area contributed by atoms with E-state index in [0.29, 0.717) is 5.75 Å². The highest BCUT2D eigenvalue weighted by atomic mass is 16.3. The molecule has 0 radical (unpaired) electrons. The number of phenolic OH excluding ortho intramolecular Hbond substituents is 1. The summed E-state index contributed by atoms with van der Waals surface area (Å²) in [4.78, 5) is 2.41.